The lowest BCUT2D eigenvalue weighted by atomic mass is 10.2. The molecule has 0 fully saturated rings. The molecule has 4 N–H and O–H groups in total. The van der Waals surface area contributed by atoms with E-state index in [4.69, 9.17) is 5.73 Å². The normalized spacial score (nSPS) is 11.0. The Bertz CT molecular complexity index is 549. The van der Waals surface area contributed by atoms with Gasteiger partial charge in [0.1, 0.15) is 11.6 Å². The van der Waals surface area contributed by atoms with E-state index in [0.717, 1.165) is 18.2 Å². The molecular formula is C12H13F4N3O3. The number of alkyl halides is 3. The van der Waals surface area contributed by atoms with Crippen LogP contribution in [0.15, 0.2) is 18.2 Å². The fourth-order valence-electron chi connectivity index (χ4n) is 1.33. The molecule has 0 saturated heterocycles. The Labute approximate surface area is 122 Å². The monoisotopic (exact) mass is 323 g/mol. The molecule has 6 nitrogen and oxygen atoms in total. The Morgan fingerprint density at radius 2 is 1.91 bits per heavy atom. The Morgan fingerprint density at radius 1 is 1.23 bits per heavy atom. The SMILES string of the molecule is NCC(=O)NCC(=O)Nc1cc(F)ccc1OCC(F)(F)F. The number of ether oxygens (including phenoxy) is 1. The van der Waals surface area contributed by atoms with Gasteiger partial charge in [-0.2, -0.15) is 13.2 Å². The number of hydrogen-bond acceptors (Lipinski definition) is 4. The first-order chi connectivity index (χ1) is 10.2. The molecule has 1 rings (SSSR count). The Kier molecular flexibility index (Phi) is 6.11. The highest BCUT2D eigenvalue weighted by molar-refractivity contribution is 5.95. The van der Waals surface area contributed by atoms with Crippen LogP contribution in [-0.2, 0) is 9.59 Å². The van der Waals surface area contributed by atoms with E-state index in [9.17, 15) is 27.2 Å². The average molecular weight is 323 g/mol. The van der Waals surface area contributed by atoms with Crippen molar-refractivity contribution >= 4 is 17.5 Å². The lowest BCUT2D eigenvalue weighted by Gasteiger charge is -2.14. The molecule has 0 radical (unpaired) electrons. The second-order valence-electron chi connectivity index (χ2n) is 4.07. The number of nitrogens with one attached hydrogen (secondary N) is 2. The third-order valence-electron chi connectivity index (χ3n) is 2.24. The summed E-state index contributed by atoms with van der Waals surface area (Å²) in [5.41, 5.74) is 4.73. The minimum Gasteiger partial charge on any atom is -0.482 e. The van der Waals surface area contributed by atoms with Gasteiger partial charge in [-0.1, -0.05) is 0 Å². The van der Waals surface area contributed by atoms with Crippen molar-refractivity contribution in [3.8, 4) is 5.75 Å². The van der Waals surface area contributed by atoms with Gasteiger partial charge < -0.3 is 21.1 Å². The van der Waals surface area contributed by atoms with Crippen molar-refractivity contribution in [2.75, 3.05) is 25.0 Å². The summed E-state index contributed by atoms with van der Waals surface area (Å²) in [7, 11) is 0. The zero-order valence-corrected chi connectivity index (χ0v) is 11.2. The predicted octanol–water partition coefficient (Wildman–Crippen LogP) is 0.780. The number of amides is 2. The Balaban J connectivity index is 2.73. The number of halogens is 4. The van der Waals surface area contributed by atoms with Gasteiger partial charge in [0, 0.05) is 6.07 Å². The number of carbonyl (C=O) groups is 2. The zero-order chi connectivity index (χ0) is 16.8. The smallest absolute Gasteiger partial charge is 0.422 e. The second kappa shape index (κ2) is 7.59. The fourth-order valence-corrected chi connectivity index (χ4v) is 1.33. The topological polar surface area (TPSA) is 93.5 Å². The van der Waals surface area contributed by atoms with Crippen LogP contribution in [0.1, 0.15) is 0 Å². The van der Waals surface area contributed by atoms with E-state index in [1.165, 1.54) is 0 Å². The highest BCUT2D eigenvalue weighted by Gasteiger charge is 2.29. The van der Waals surface area contributed by atoms with Gasteiger partial charge in [0.15, 0.2) is 6.61 Å². The average Bonchev–Trinajstić information content (AvgIpc) is 2.42. The summed E-state index contributed by atoms with van der Waals surface area (Å²) in [6.07, 6.45) is -4.58. The molecule has 0 aliphatic carbocycles. The number of benzene rings is 1. The fraction of sp³-hybridized carbons (Fsp3) is 0.333. The second-order valence-corrected chi connectivity index (χ2v) is 4.07. The maximum Gasteiger partial charge on any atom is 0.422 e. The van der Waals surface area contributed by atoms with Crippen LogP contribution in [0.5, 0.6) is 5.75 Å². The van der Waals surface area contributed by atoms with Crippen LogP contribution in [0, 0.1) is 5.82 Å². The van der Waals surface area contributed by atoms with E-state index < -0.39 is 37.0 Å². The number of nitrogens with two attached hydrogens (primary N) is 1. The van der Waals surface area contributed by atoms with Gasteiger partial charge in [0.05, 0.1) is 18.8 Å². The van der Waals surface area contributed by atoms with E-state index in [2.05, 4.69) is 15.4 Å². The van der Waals surface area contributed by atoms with Crippen LogP contribution >= 0.6 is 0 Å². The molecule has 0 aliphatic rings. The third-order valence-corrected chi connectivity index (χ3v) is 2.24. The van der Waals surface area contributed by atoms with Crippen LogP contribution in [0.25, 0.3) is 0 Å². The van der Waals surface area contributed by atoms with Gasteiger partial charge in [-0.3, -0.25) is 9.59 Å². The van der Waals surface area contributed by atoms with Gasteiger partial charge in [-0.25, -0.2) is 4.39 Å². The van der Waals surface area contributed by atoms with E-state index in [-0.39, 0.29) is 18.0 Å². The Hall–Kier alpha value is -2.36. The third kappa shape index (κ3) is 6.39. The Morgan fingerprint density at radius 3 is 2.50 bits per heavy atom. The van der Waals surface area contributed by atoms with Crippen molar-refractivity contribution in [2.45, 2.75) is 6.18 Å². The molecule has 1 aromatic rings. The molecule has 122 valence electrons. The number of carbonyl (C=O) groups excluding carboxylic acids is 2. The molecule has 0 spiro atoms. The van der Waals surface area contributed by atoms with Crippen LogP contribution < -0.4 is 21.1 Å². The standard InChI is InChI=1S/C12H13F4N3O3/c13-7-1-2-9(22-6-12(14,15)16)8(3-7)19-11(21)5-18-10(20)4-17/h1-3H,4-6,17H2,(H,18,20)(H,19,21). The van der Waals surface area contributed by atoms with E-state index >= 15 is 0 Å². The molecule has 0 aromatic heterocycles. The van der Waals surface area contributed by atoms with E-state index in [0.29, 0.717) is 0 Å². The molecule has 10 heteroatoms. The molecule has 0 heterocycles. The van der Waals surface area contributed by atoms with Gasteiger partial charge in [-0.15, -0.1) is 0 Å². The van der Waals surface area contributed by atoms with Gasteiger partial charge in [0.2, 0.25) is 11.8 Å². The molecule has 2 amide bonds. The predicted molar refractivity (Wildman–Crippen MR) is 68.6 cm³/mol. The largest absolute Gasteiger partial charge is 0.482 e. The molecule has 22 heavy (non-hydrogen) atoms. The minimum absolute atomic E-state index is 0.281. The van der Waals surface area contributed by atoms with E-state index in [1.54, 1.807) is 0 Å². The molecule has 0 saturated carbocycles. The molecule has 0 atom stereocenters. The van der Waals surface area contributed by atoms with E-state index in [1.807, 2.05) is 0 Å². The zero-order valence-electron chi connectivity index (χ0n) is 11.2. The van der Waals surface area contributed by atoms with Crippen molar-refractivity contribution in [3.63, 3.8) is 0 Å². The number of rotatable bonds is 6. The minimum atomic E-state index is -4.58. The maximum absolute atomic E-state index is 13.1. The molecule has 0 aliphatic heterocycles. The lowest BCUT2D eigenvalue weighted by molar-refractivity contribution is -0.153. The van der Waals surface area contributed by atoms with Gasteiger partial charge >= 0.3 is 6.18 Å². The lowest BCUT2D eigenvalue weighted by Crippen LogP contribution is -2.36. The number of anilines is 1. The van der Waals surface area contributed by atoms with Crippen LogP contribution in [0.4, 0.5) is 23.2 Å². The van der Waals surface area contributed by atoms with Crippen molar-refractivity contribution in [2.24, 2.45) is 5.73 Å². The van der Waals surface area contributed by atoms with Crippen molar-refractivity contribution in [1.82, 2.24) is 5.32 Å². The van der Waals surface area contributed by atoms with Crippen LogP contribution in [0.3, 0.4) is 0 Å². The highest BCUT2D eigenvalue weighted by atomic mass is 19.4. The van der Waals surface area contributed by atoms with Crippen molar-refractivity contribution in [3.05, 3.63) is 24.0 Å². The first-order valence-corrected chi connectivity index (χ1v) is 5.97. The molecule has 1 aromatic carbocycles. The summed E-state index contributed by atoms with van der Waals surface area (Å²) in [4.78, 5) is 22.4. The summed E-state index contributed by atoms with van der Waals surface area (Å²) in [6.45, 7) is -2.39. The number of hydrogen-bond donors (Lipinski definition) is 3. The van der Waals surface area contributed by atoms with Crippen molar-refractivity contribution in [1.29, 1.82) is 0 Å². The molecule has 0 bridgehead atoms. The molecular weight excluding hydrogens is 310 g/mol. The quantitative estimate of drug-likeness (QED) is 0.675. The first kappa shape index (κ1) is 17.7. The summed E-state index contributed by atoms with van der Waals surface area (Å²) in [5, 5.41) is 4.29. The maximum atomic E-state index is 13.1. The molecule has 0 unspecified atom stereocenters. The van der Waals surface area contributed by atoms with Gasteiger partial charge in [0.25, 0.3) is 0 Å². The summed E-state index contributed by atoms with van der Waals surface area (Å²) in [5.74, 6) is -2.50. The summed E-state index contributed by atoms with van der Waals surface area (Å²) < 4.78 is 54.0. The highest BCUT2D eigenvalue weighted by Crippen LogP contribution is 2.27. The summed E-state index contributed by atoms with van der Waals surface area (Å²) >= 11 is 0. The van der Waals surface area contributed by atoms with Crippen molar-refractivity contribution < 1.29 is 31.9 Å². The first-order valence-electron chi connectivity index (χ1n) is 5.97. The van der Waals surface area contributed by atoms with Gasteiger partial charge in [-0.05, 0) is 12.1 Å². The summed E-state index contributed by atoms with van der Waals surface area (Å²) in [6, 6.07) is 2.64. The van der Waals surface area contributed by atoms with Crippen LogP contribution in [-0.4, -0.2) is 37.7 Å². The van der Waals surface area contributed by atoms with Crippen LogP contribution in [0.2, 0.25) is 0 Å².